The van der Waals surface area contributed by atoms with Gasteiger partial charge in [-0.1, -0.05) is 96.1 Å². The summed E-state index contributed by atoms with van der Waals surface area (Å²) in [7, 11) is 0. The number of nitrogens with one attached hydrogen (secondary N) is 2. The average Bonchev–Trinajstić information content (AvgIpc) is 3.27. The van der Waals surface area contributed by atoms with Crippen molar-refractivity contribution in [3.05, 3.63) is 70.2 Å². The van der Waals surface area contributed by atoms with Crippen molar-refractivity contribution < 1.29 is 14.1 Å². The first-order valence-electron chi connectivity index (χ1n) is 14.1. The van der Waals surface area contributed by atoms with Crippen LogP contribution in [0.15, 0.2) is 53.4 Å². The Bertz CT molecular complexity index is 1150. The van der Waals surface area contributed by atoms with Gasteiger partial charge in [0.15, 0.2) is 12.2 Å². The van der Waals surface area contributed by atoms with Gasteiger partial charge in [0.05, 0.1) is 12.0 Å². The number of hydrogen-bond donors (Lipinski definition) is 2. The molecule has 206 valence electrons. The van der Waals surface area contributed by atoms with Crippen molar-refractivity contribution in [1.29, 1.82) is 0 Å². The summed E-state index contributed by atoms with van der Waals surface area (Å²) in [4.78, 5) is 12.8. The fourth-order valence-corrected chi connectivity index (χ4v) is 5.27. The lowest BCUT2D eigenvalue weighted by Gasteiger charge is -2.24. The third-order valence-electron chi connectivity index (χ3n) is 6.72. The number of rotatable bonds is 14. The van der Waals surface area contributed by atoms with E-state index in [1.165, 1.54) is 50.6 Å². The highest BCUT2D eigenvalue weighted by Crippen LogP contribution is 2.34. The molecule has 0 saturated heterocycles. The zero-order chi connectivity index (χ0) is 27.4. The summed E-state index contributed by atoms with van der Waals surface area (Å²) in [6.45, 7) is 12.4. The number of carbonyl (C=O) groups excluding carboxylic acids is 1. The maximum absolute atomic E-state index is 12.8. The average molecular weight is 537 g/mol. The third-order valence-corrected chi connectivity index (χ3v) is 7.57. The summed E-state index contributed by atoms with van der Waals surface area (Å²) in [5, 5.41) is 8.11. The maximum Gasteiger partial charge on any atom is 0.323 e. The van der Waals surface area contributed by atoms with Crippen LogP contribution < -0.4 is 19.9 Å². The second-order valence-electron chi connectivity index (χ2n) is 11.2. The Balaban J connectivity index is 1.53. The van der Waals surface area contributed by atoms with Crippen LogP contribution in [0, 0.1) is 6.92 Å². The molecule has 1 heterocycles. The summed E-state index contributed by atoms with van der Waals surface area (Å²) >= 11 is 1.69. The van der Waals surface area contributed by atoms with Gasteiger partial charge in [-0.25, -0.2) is 4.79 Å². The number of carbonyl (C=O) groups is 1. The van der Waals surface area contributed by atoms with Crippen LogP contribution in [0.4, 0.5) is 16.2 Å². The molecule has 3 rings (SSSR count). The maximum atomic E-state index is 12.8. The zero-order valence-electron chi connectivity index (χ0n) is 23.9. The highest BCUT2D eigenvalue weighted by atomic mass is 32.1. The number of amides is 2. The van der Waals surface area contributed by atoms with Gasteiger partial charge in [0.25, 0.3) is 0 Å². The van der Waals surface area contributed by atoms with E-state index in [0.29, 0.717) is 0 Å². The number of urea groups is 1. The van der Waals surface area contributed by atoms with Crippen LogP contribution in [0.1, 0.15) is 95.9 Å². The van der Waals surface area contributed by atoms with E-state index >= 15 is 0 Å². The van der Waals surface area contributed by atoms with E-state index in [0.717, 1.165) is 47.8 Å². The van der Waals surface area contributed by atoms with Gasteiger partial charge in [-0.2, -0.15) is 4.57 Å². The standard InChI is InChI=1S/C32H45N3O2S/c1-6-7-8-9-10-11-12-13-19-37-30-18-17-28(21-29(30)32(3,4)5)34-31(36)33-27-16-14-15-26(20-27)22-35-24-38-23-25(35)2/h14-18,20-21,23-24H,6-13,19,22H2,1-5H3,(H-,33,34,36)/p+1. The van der Waals surface area contributed by atoms with E-state index in [1.54, 1.807) is 11.3 Å². The van der Waals surface area contributed by atoms with Crippen molar-refractivity contribution >= 4 is 28.7 Å². The normalized spacial score (nSPS) is 11.4. The minimum absolute atomic E-state index is 0.103. The fraction of sp³-hybridized carbons (Fsp3) is 0.500. The Kier molecular flexibility index (Phi) is 11.7. The van der Waals surface area contributed by atoms with Crippen LogP contribution in [0.3, 0.4) is 0 Å². The molecule has 0 unspecified atom stereocenters. The van der Waals surface area contributed by atoms with E-state index in [2.05, 4.69) is 66.8 Å². The number of hydrogen-bond acceptors (Lipinski definition) is 3. The molecule has 0 spiro atoms. The number of thiazole rings is 1. The molecule has 0 aliphatic rings. The van der Waals surface area contributed by atoms with Crippen LogP contribution in [0.2, 0.25) is 0 Å². The molecule has 0 radical (unpaired) electrons. The molecule has 2 amide bonds. The van der Waals surface area contributed by atoms with Crippen LogP contribution in [-0.2, 0) is 12.0 Å². The molecule has 0 fully saturated rings. The lowest BCUT2D eigenvalue weighted by atomic mass is 9.86. The van der Waals surface area contributed by atoms with Crippen molar-refractivity contribution in [3.63, 3.8) is 0 Å². The molecule has 0 aliphatic heterocycles. The number of aryl methyl sites for hydroxylation is 1. The number of benzene rings is 2. The molecule has 2 N–H and O–H groups in total. The molecule has 0 atom stereocenters. The molecule has 38 heavy (non-hydrogen) atoms. The van der Waals surface area contributed by atoms with Crippen LogP contribution in [0.5, 0.6) is 5.75 Å². The van der Waals surface area contributed by atoms with Crippen molar-refractivity contribution in [2.75, 3.05) is 17.2 Å². The fourth-order valence-electron chi connectivity index (χ4n) is 4.49. The second kappa shape index (κ2) is 14.9. The van der Waals surface area contributed by atoms with Crippen molar-refractivity contribution in [2.45, 2.75) is 97.9 Å². The Morgan fingerprint density at radius 2 is 1.61 bits per heavy atom. The molecule has 0 bridgehead atoms. The first-order valence-corrected chi connectivity index (χ1v) is 15.1. The largest absolute Gasteiger partial charge is 0.493 e. The number of anilines is 2. The SMILES string of the molecule is CCCCCCCCCCOc1ccc(NC(=O)Nc2cccc(C[n+]3cscc3C)c2)cc1C(C)(C)C. The van der Waals surface area contributed by atoms with Crippen molar-refractivity contribution in [2.24, 2.45) is 0 Å². The Morgan fingerprint density at radius 1 is 0.921 bits per heavy atom. The molecule has 2 aromatic carbocycles. The summed E-state index contributed by atoms with van der Waals surface area (Å²) in [6, 6.07) is 13.7. The minimum Gasteiger partial charge on any atom is -0.493 e. The first kappa shape index (κ1) is 29.7. The van der Waals surface area contributed by atoms with Gasteiger partial charge in [0.2, 0.25) is 5.51 Å². The lowest BCUT2D eigenvalue weighted by Crippen LogP contribution is -2.34. The van der Waals surface area contributed by atoms with E-state index in [4.69, 9.17) is 4.74 Å². The summed E-state index contributed by atoms with van der Waals surface area (Å²) in [5.41, 5.74) is 7.00. The highest BCUT2D eigenvalue weighted by molar-refractivity contribution is 7.07. The summed E-state index contributed by atoms with van der Waals surface area (Å²) in [5.74, 6) is 0.903. The predicted molar refractivity (Wildman–Crippen MR) is 161 cm³/mol. The molecular weight excluding hydrogens is 490 g/mol. The second-order valence-corrected chi connectivity index (χ2v) is 11.9. The third kappa shape index (κ3) is 9.79. The van der Waals surface area contributed by atoms with Gasteiger partial charge in [-0.3, -0.25) is 0 Å². The number of ether oxygens (including phenoxy) is 1. The number of aromatic nitrogens is 1. The van der Waals surface area contributed by atoms with Crippen LogP contribution in [-0.4, -0.2) is 12.6 Å². The number of nitrogens with zero attached hydrogens (tertiary/aromatic N) is 1. The lowest BCUT2D eigenvalue weighted by molar-refractivity contribution is -0.689. The zero-order valence-corrected chi connectivity index (χ0v) is 24.8. The van der Waals surface area contributed by atoms with Crippen molar-refractivity contribution in [3.8, 4) is 5.75 Å². The molecule has 0 aliphatic carbocycles. The summed E-state index contributed by atoms with van der Waals surface area (Å²) in [6.07, 6.45) is 10.3. The molecule has 3 aromatic rings. The Hall–Kier alpha value is -2.86. The quantitative estimate of drug-likeness (QED) is 0.160. The molecule has 1 aromatic heterocycles. The predicted octanol–water partition coefficient (Wildman–Crippen LogP) is 8.85. The van der Waals surface area contributed by atoms with E-state index in [1.807, 2.05) is 36.4 Å². The van der Waals surface area contributed by atoms with Gasteiger partial charge in [-0.05, 0) is 42.2 Å². The Labute approximate surface area is 233 Å². The van der Waals surface area contributed by atoms with Crippen molar-refractivity contribution in [1.82, 2.24) is 0 Å². The topological polar surface area (TPSA) is 54.2 Å². The molecule has 6 heteroatoms. The van der Waals surface area contributed by atoms with Gasteiger partial charge in [-0.15, -0.1) is 0 Å². The van der Waals surface area contributed by atoms with Crippen LogP contribution >= 0.6 is 11.3 Å². The van der Waals surface area contributed by atoms with Gasteiger partial charge in [0, 0.05) is 29.4 Å². The van der Waals surface area contributed by atoms with E-state index in [9.17, 15) is 4.79 Å². The van der Waals surface area contributed by atoms with Gasteiger partial charge in [0.1, 0.15) is 5.75 Å². The summed E-state index contributed by atoms with van der Waals surface area (Å²) < 4.78 is 8.40. The highest BCUT2D eigenvalue weighted by Gasteiger charge is 2.20. The molecule has 5 nitrogen and oxygen atoms in total. The van der Waals surface area contributed by atoms with Gasteiger partial charge >= 0.3 is 6.03 Å². The smallest absolute Gasteiger partial charge is 0.323 e. The molecular formula is C32H46N3O2S+. The monoisotopic (exact) mass is 536 g/mol. The Morgan fingerprint density at radius 3 is 2.26 bits per heavy atom. The number of unbranched alkanes of at least 4 members (excludes halogenated alkanes) is 7. The van der Waals surface area contributed by atoms with E-state index < -0.39 is 0 Å². The minimum atomic E-state index is -0.256. The van der Waals surface area contributed by atoms with Gasteiger partial charge < -0.3 is 15.4 Å². The molecule has 0 saturated carbocycles. The van der Waals surface area contributed by atoms with Crippen LogP contribution in [0.25, 0.3) is 0 Å². The van der Waals surface area contributed by atoms with E-state index in [-0.39, 0.29) is 11.4 Å². The first-order chi connectivity index (χ1) is 18.3.